The summed E-state index contributed by atoms with van der Waals surface area (Å²) in [6, 6.07) is 12.9. The van der Waals surface area contributed by atoms with E-state index < -0.39 is 0 Å². The van der Waals surface area contributed by atoms with E-state index >= 15 is 0 Å². The van der Waals surface area contributed by atoms with Gasteiger partial charge in [-0.25, -0.2) is 0 Å². The highest BCUT2D eigenvalue weighted by atomic mass is 35.5. The van der Waals surface area contributed by atoms with Crippen LogP contribution < -0.4 is 10.6 Å². The van der Waals surface area contributed by atoms with Crippen LogP contribution in [0.4, 0.5) is 5.69 Å². The number of carbonyl (C=O) groups is 1. The second-order valence-corrected chi connectivity index (χ2v) is 4.68. The van der Waals surface area contributed by atoms with Gasteiger partial charge in [0.2, 0.25) is 5.91 Å². The molecule has 0 saturated carbocycles. The van der Waals surface area contributed by atoms with Gasteiger partial charge in [0.25, 0.3) is 0 Å². The summed E-state index contributed by atoms with van der Waals surface area (Å²) in [7, 11) is 0. The van der Waals surface area contributed by atoms with Gasteiger partial charge in [0.1, 0.15) is 0 Å². The molecule has 0 aliphatic rings. The maximum Gasteiger partial charge on any atom is 0.225 e. The third-order valence-electron chi connectivity index (χ3n) is 2.71. The third kappa shape index (κ3) is 4.64. The summed E-state index contributed by atoms with van der Waals surface area (Å²) in [5.74, 6) is -0.0633. The standard InChI is InChI=1S/C15H16ClN3O/c16-13-6-1-2-7-14(13)19-15(20)8-10-17-11-12-5-3-4-9-18-12/h1-7,9,17H,8,10-11H2,(H,19,20). The number of para-hydroxylation sites is 1. The van der Waals surface area contributed by atoms with E-state index in [1.165, 1.54) is 0 Å². The van der Waals surface area contributed by atoms with Crippen molar-refractivity contribution in [1.29, 1.82) is 0 Å². The number of halogens is 1. The van der Waals surface area contributed by atoms with Gasteiger partial charge >= 0.3 is 0 Å². The number of anilines is 1. The fraction of sp³-hybridized carbons (Fsp3) is 0.200. The maximum atomic E-state index is 11.8. The summed E-state index contributed by atoms with van der Waals surface area (Å²) < 4.78 is 0. The molecule has 20 heavy (non-hydrogen) atoms. The van der Waals surface area contributed by atoms with Gasteiger partial charge in [-0.1, -0.05) is 29.8 Å². The lowest BCUT2D eigenvalue weighted by Gasteiger charge is -2.07. The van der Waals surface area contributed by atoms with Gasteiger partial charge in [0, 0.05) is 25.7 Å². The molecule has 0 radical (unpaired) electrons. The van der Waals surface area contributed by atoms with Crippen LogP contribution in [0.3, 0.4) is 0 Å². The number of hydrogen-bond acceptors (Lipinski definition) is 3. The van der Waals surface area contributed by atoms with Gasteiger partial charge < -0.3 is 10.6 Å². The molecule has 0 atom stereocenters. The van der Waals surface area contributed by atoms with E-state index in [9.17, 15) is 4.79 Å². The largest absolute Gasteiger partial charge is 0.325 e. The molecule has 1 heterocycles. The highest BCUT2D eigenvalue weighted by molar-refractivity contribution is 6.33. The minimum atomic E-state index is -0.0633. The van der Waals surface area contributed by atoms with E-state index in [1.807, 2.05) is 30.3 Å². The van der Waals surface area contributed by atoms with Crippen LogP contribution in [0.5, 0.6) is 0 Å². The van der Waals surface area contributed by atoms with Crippen LogP contribution in [0.1, 0.15) is 12.1 Å². The lowest BCUT2D eigenvalue weighted by atomic mass is 10.3. The number of rotatable bonds is 6. The average molecular weight is 290 g/mol. The fourth-order valence-corrected chi connectivity index (χ4v) is 1.88. The van der Waals surface area contributed by atoms with Crippen molar-refractivity contribution in [2.45, 2.75) is 13.0 Å². The Bertz CT molecular complexity index is 560. The Balaban J connectivity index is 1.69. The number of nitrogens with zero attached hydrogens (tertiary/aromatic N) is 1. The summed E-state index contributed by atoms with van der Waals surface area (Å²) >= 11 is 5.97. The highest BCUT2D eigenvalue weighted by Crippen LogP contribution is 2.20. The minimum absolute atomic E-state index is 0.0633. The molecular weight excluding hydrogens is 274 g/mol. The predicted molar refractivity (Wildman–Crippen MR) is 80.6 cm³/mol. The molecule has 2 rings (SSSR count). The molecule has 0 aliphatic carbocycles. The van der Waals surface area contributed by atoms with Crippen LogP contribution in [0.25, 0.3) is 0 Å². The number of carbonyl (C=O) groups excluding carboxylic acids is 1. The second kappa shape index (κ2) is 7.62. The Labute approximate surface area is 123 Å². The van der Waals surface area contributed by atoms with Crippen LogP contribution in [-0.2, 0) is 11.3 Å². The summed E-state index contributed by atoms with van der Waals surface area (Å²) in [6.45, 7) is 1.24. The topological polar surface area (TPSA) is 54.0 Å². The summed E-state index contributed by atoms with van der Waals surface area (Å²) in [4.78, 5) is 15.9. The van der Waals surface area contributed by atoms with Crippen LogP contribution in [-0.4, -0.2) is 17.4 Å². The number of hydrogen-bond donors (Lipinski definition) is 2. The lowest BCUT2D eigenvalue weighted by molar-refractivity contribution is -0.116. The quantitative estimate of drug-likeness (QED) is 0.804. The number of amides is 1. The van der Waals surface area contributed by atoms with Crippen molar-refractivity contribution in [2.24, 2.45) is 0 Å². The Kier molecular flexibility index (Phi) is 5.53. The summed E-state index contributed by atoms with van der Waals surface area (Å²) in [5, 5.41) is 6.50. The first-order chi connectivity index (χ1) is 9.75. The normalized spacial score (nSPS) is 10.2. The first kappa shape index (κ1) is 14.5. The molecule has 2 aromatic rings. The first-order valence-corrected chi connectivity index (χ1v) is 6.78. The number of benzene rings is 1. The predicted octanol–water partition coefficient (Wildman–Crippen LogP) is 2.85. The molecule has 1 aromatic heterocycles. The zero-order valence-electron chi connectivity index (χ0n) is 11.0. The molecule has 2 N–H and O–H groups in total. The fourth-order valence-electron chi connectivity index (χ4n) is 1.70. The van der Waals surface area contributed by atoms with Crippen molar-refractivity contribution >= 4 is 23.2 Å². The van der Waals surface area contributed by atoms with Crippen LogP contribution in [0, 0.1) is 0 Å². The molecule has 0 bridgehead atoms. The molecule has 0 spiro atoms. The molecule has 0 aliphatic heterocycles. The summed E-state index contributed by atoms with van der Waals surface area (Å²) in [5.41, 5.74) is 1.60. The van der Waals surface area contributed by atoms with E-state index in [0.29, 0.717) is 30.2 Å². The van der Waals surface area contributed by atoms with Crippen molar-refractivity contribution in [3.8, 4) is 0 Å². The minimum Gasteiger partial charge on any atom is -0.325 e. The van der Waals surface area contributed by atoms with Gasteiger partial charge in [-0.15, -0.1) is 0 Å². The molecule has 5 heteroatoms. The molecular formula is C15H16ClN3O. The molecule has 104 valence electrons. The molecule has 0 saturated heterocycles. The highest BCUT2D eigenvalue weighted by Gasteiger charge is 2.04. The Morgan fingerprint density at radius 2 is 1.95 bits per heavy atom. The molecule has 0 fully saturated rings. The zero-order chi connectivity index (χ0) is 14.2. The monoisotopic (exact) mass is 289 g/mol. The van der Waals surface area contributed by atoms with E-state index in [4.69, 9.17) is 11.6 Å². The Morgan fingerprint density at radius 3 is 2.70 bits per heavy atom. The first-order valence-electron chi connectivity index (χ1n) is 6.41. The zero-order valence-corrected chi connectivity index (χ0v) is 11.7. The van der Waals surface area contributed by atoms with Crippen molar-refractivity contribution in [2.75, 3.05) is 11.9 Å². The number of aromatic nitrogens is 1. The van der Waals surface area contributed by atoms with Gasteiger partial charge in [0.15, 0.2) is 0 Å². The number of pyridine rings is 1. The van der Waals surface area contributed by atoms with Crippen LogP contribution in [0.2, 0.25) is 5.02 Å². The van der Waals surface area contributed by atoms with E-state index in [1.54, 1.807) is 18.3 Å². The van der Waals surface area contributed by atoms with Gasteiger partial charge in [0.05, 0.1) is 16.4 Å². The van der Waals surface area contributed by atoms with Crippen LogP contribution in [0.15, 0.2) is 48.7 Å². The van der Waals surface area contributed by atoms with Gasteiger partial charge in [-0.05, 0) is 24.3 Å². The molecule has 1 amide bonds. The van der Waals surface area contributed by atoms with Crippen molar-refractivity contribution in [3.05, 3.63) is 59.4 Å². The van der Waals surface area contributed by atoms with Crippen LogP contribution >= 0.6 is 11.6 Å². The van der Waals surface area contributed by atoms with Crippen molar-refractivity contribution in [1.82, 2.24) is 10.3 Å². The van der Waals surface area contributed by atoms with Gasteiger partial charge in [-0.3, -0.25) is 9.78 Å². The third-order valence-corrected chi connectivity index (χ3v) is 3.04. The van der Waals surface area contributed by atoms with Crippen molar-refractivity contribution in [3.63, 3.8) is 0 Å². The lowest BCUT2D eigenvalue weighted by Crippen LogP contribution is -2.21. The van der Waals surface area contributed by atoms with E-state index in [-0.39, 0.29) is 5.91 Å². The molecule has 1 aromatic carbocycles. The summed E-state index contributed by atoms with van der Waals surface area (Å²) in [6.07, 6.45) is 2.14. The Hall–Kier alpha value is -1.91. The van der Waals surface area contributed by atoms with E-state index in [2.05, 4.69) is 15.6 Å². The number of nitrogens with one attached hydrogen (secondary N) is 2. The SMILES string of the molecule is O=C(CCNCc1ccccn1)Nc1ccccc1Cl. The van der Waals surface area contributed by atoms with Crippen molar-refractivity contribution < 1.29 is 4.79 Å². The van der Waals surface area contributed by atoms with Gasteiger partial charge in [-0.2, -0.15) is 0 Å². The van der Waals surface area contributed by atoms with E-state index in [0.717, 1.165) is 5.69 Å². The molecule has 4 nitrogen and oxygen atoms in total. The molecule has 0 unspecified atom stereocenters. The maximum absolute atomic E-state index is 11.8. The smallest absolute Gasteiger partial charge is 0.225 e. The average Bonchev–Trinajstić information content (AvgIpc) is 2.47. The second-order valence-electron chi connectivity index (χ2n) is 4.28. The Morgan fingerprint density at radius 1 is 1.15 bits per heavy atom.